The monoisotopic (exact) mass is 592 g/mol. The average molecular weight is 592 g/mol. The van der Waals surface area contributed by atoms with E-state index in [4.69, 9.17) is 3.07 Å². The molecule has 2 fully saturated rings. The molecule has 0 amide bonds. The van der Waals surface area contributed by atoms with Crippen LogP contribution in [0.4, 0.5) is 0 Å². The third-order valence-electron chi connectivity index (χ3n) is 10.6. The second kappa shape index (κ2) is 12.1. The van der Waals surface area contributed by atoms with E-state index in [0.717, 1.165) is 19.3 Å². The summed E-state index contributed by atoms with van der Waals surface area (Å²) < 4.78 is 10.7. The van der Waals surface area contributed by atoms with Crippen molar-refractivity contribution in [3.63, 3.8) is 0 Å². The van der Waals surface area contributed by atoms with E-state index in [0.29, 0.717) is 11.8 Å². The Morgan fingerprint density at radius 1 is 1.00 bits per heavy atom. The summed E-state index contributed by atoms with van der Waals surface area (Å²) in [5.41, 5.74) is 1.74. The van der Waals surface area contributed by atoms with Crippen LogP contribution in [-0.2, 0) is 7.87 Å². The van der Waals surface area contributed by atoms with Gasteiger partial charge in [0.25, 0.3) is 0 Å². The molecule has 0 spiro atoms. The summed E-state index contributed by atoms with van der Waals surface area (Å²) >= 11 is -2.99. The van der Waals surface area contributed by atoms with Gasteiger partial charge in [0.2, 0.25) is 0 Å². The fourth-order valence-electron chi connectivity index (χ4n) is 8.27. The summed E-state index contributed by atoms with van der Waals surface area (Å²) in [5.74, 6) is 1.32. The minimum absolute atomic E-state index is 0.151. The Bertz CT molecular complexity index is 750. The quantitative estimate of drug-likeness (QED) is 0.167. The fourth-order valence-corrected chi connectivity index (χ4v) is 21.6. The molecule has 0 N–H and O–H groups in total. The van der Waals surface area contributed by atoms with Crippen molar-refractivity contribution in [3.05, 3.63) is 24.3 Å². The van der Waals surface area contributed by atoms with Gasteiger partial charge in [-0.3, -0.25) is 0 Å². The first-order valence-electron chi connectivity index (χ1n) is 15.2. The van der Waals surface area contributed by atoms with Crippen molar-refractivity contribution in [1.29, 1.82) is 0 Å². The molecule has 35 heavy (non-hydrogen) atoms. The average Bonchev–Trinajstić information content (AvgIpc) is 2.84. The molecule has 200 valence electrons. The summed E-state index contributed by atoms with van der Waals surface area (Å²) in [6.07, 6.45) is 20.3. The third kappa shape index (κ3) is 6.09. The molecule has 3 aliphatic rings. The van der Waals surface area contributed by atoms with Gasteiger partial charge in [0.1, 0.15) is 0 Å². The van der Waals surface area contributed by atoms with E-state index in [1.54, 1.807) is 5.57 Å². The first kappa shape index (κ1) is 29.3. The number of carbonyl (C=O) groups is 1. The number of allylic oxidation sites excluding steroid dienone is 3. The third-order valence-corrected chi connectivity index (χ3v) is 23.2. The van der Waals surface area contributed by atoms with Crippen LogP contribution in [0.3, 0.4) is 0 Å². The Kier molecular flexibility index (Phi) is 10.1. The van der Waals surface area contributed by atoms with Crippen LogP contribution in [0.5, 0.6) is 0 Å². The van der Waals surface area contributed by atoms with Crippen molar-refractivity contribution >= 4 is 24.8 Å². The molecule has 0 aliphatic heterocycles. The molecule has 0 unspecified atom stereocenters. The summed E-state index contributed by atoms with van der Waals surface area (Å²) in [5, 5.41) is 0. The van der Waals surface area contributed by atoms with Gasteiger partial charge in [-0.05, 0) is 0 Å². The van der Waals surface area contributed by atoms with Crippen LogP contribution in [0.2, 0.25) is 13.3 Å². The van der Waals surface area contributed by atoms with Gasteiger partial charge in [-0.15, -0.1) is 0 Å². The van der Waals surface area contributed by atoms with Crippen LogP contribution < -0.4 is 0 Å². The van der Waals surface area contributed by atoms with Crippen LogP contribution >= 0.6 is 0 Å². The van der Waals surface area contributed by atoms with E-state index < -0.39 is 18.8 Å². The number of hydrogen-bond acceptors (Lipinski definition) is 2. The van der Waals surface area contributed by atoms with Crippen LogP contribution in [0.25, 0.3) is 0 Å². The molecule has 3 rings (SSSR count). The predicted octanol–water partition coefficient (Wildman–Crippen LogP) is 10.0. The van der Waals surface area contributed by atoms with Crippen LogP contribution in [0.15, 0.2) is 24.3 Å². The van der Waals surface area contributed by atoms with Crippen LogP contribution in [-0.4, -0.2) is 24.8 Å². The molecule has 2 nitrogen and oxygen atoms in total. The molecular weight excluding hydrogens is 535 g/mol. The normalized spacial score (nSPS) is 35.0. The van der Waals surface area contributed by atoms with Gasteiger partial charge < -0.3 is 0 Å². The zero-order valence-corrected chi connectivity index (χ0v) is 27.0. The number of fused-ring (bicyclic) bond motifs is 3. The number of rotatable bonds is 12. The predicted molar refractivity (Wildman–Crippen MR) is 153 cm³/mol. The van der Waals surface area contributed by atoms with Crippen molar-refractivity contribution in [1.82, 2.24) is 0 Å². The molecule has 0 heterocycles. The molecule has 5 atom stereocenters. The van der Waals surface area contributed by atoms with Crippen LogP contribution in [0.1, 0.15) is 125 Å². The molecule has 0 bridgehead atoms. The minimum atomic E-state index is -2.99. The number of unbranched alkanes of at least 4 members (excludes halogenated alkanes) is 3. The zero-order valence-electron chi connectivity index (χ0n) is 24.1. The van der Waals surface area contributed by atoms with Crippen molar-refractivity contribution in [2.75, 3.05) is 0 Å². The molecule has 0 radical (unpaired) electrons. The van der Waals surface area contributed by atoms with Gasteiger partial charge in [-0.2, -0.15) is 0 Å². The number of carbonyl (C=O) groups excluding carboxylic acids is 1. The summed E-state index contributed by atoms with van der Waals surface area (Å²) in [6.45, 7) is 18.2. The Balaban J connectivity index is 1.88. The number of hydrogen-bond donors (Lipinski definition) is 0. The topological polar surface area (TPSA) is 26.3 Å². The van der Waals surface area contributed by atoms with Gasteiger partial charge in [0.05, 0.1) is 0 Å². The van der Waals surface area contributed by atoms with E-state index in [9.17, 15) is 4.79 Å². The Labute approximate surface area is 222 Å². The van der Waals surface area contributed by atoms with Gasteiger partial charge in [0, 0.05) is 0 Å². The zero-order chi connectivity index (χ0) is 25.7. The van der Waals surface area contributed by atoms with E-state index in [2.05, 4.69) is 60.3 Å². The Hall–Kier alpha value is -0.251. The second-order valence-corrected chi connectivity index (χ2v) is 24.9. The molecule has 0 aromatic rings. The summed E-state index contributed by atoms with van der Waals surface area (Å²) in [7, 11) is 0. The van der Waals surface area contributed by atoms with Gasteiger partial charge >= 0.3 is 223 Å². The van der Waals surface area contributed by atoms with E-state index in [1.807, 2.05) is 0 Å². The molecule has 2 saturated carbocycles. The maximum atomic E-state index is 14.3. The van der Waals surface area contributed by atoms with Crippen LogP contribution in [0, 0.1) is 28.1 Å². The van der Waals surface area contributed by atoms with Crippen molar-refractivity contribution in [2.24, 2.45) is 28.1 Å². The molecular formula is C32H56O2Sn. The fraction of sp³-hybridized carbons (Fsp3) is 0.844. The van der Waals surface area contributed by atoms with Crippen molar-refractivity contribution < 1.29 is 7.87 Å². The molecule has 3 heteroatoms. The first-order chi connectivity index (χ1) is 16.6. The van der Waals surface area contributed by atoms with Gasteiger partial charge in [-0.25, -0.2) is 0 Å². The first-order valence-corrected chi connectivity index (χ1v) is 22.4. The standard InChI is InChI=1S/C20H30O2.3C4H9.Sn/c1-5-18(2)12-9-15-14(13-18)7-8-16-19(15,3)10-6-11-20(16,4)17(21)22;3*1-3-4-2;/h5,13,15-16H,1,6-12H2,2-4H3,(H,21,22);3*1,3-4H2,2H3;/q;;;;+1/p-1/t15-,16+,18+,19+,20+;;;;/m0..../s1. The molecule has 3 aliphatic carbocycles. The summed E-state index contributed by atoms with van der Waals surface area (Å²) in [4.78, 5) is 14.3. The molecule has 0 aromatic carbocycles. The van der Waals surface area contributed by atoms with Crippen molar-refractivity contribution in [2.45, 2.75) is 138 Å². The van der Waals surface area contributed by atoms with E-state index in [1.165, 1.54) is 77.5 Å². The van der Waals surface area contributed by atoms with E-state index >= 15 is 0 Å². The van der Waals surface area contributed by atoms with Crippen molar-refractivity contribution in [3.8, 4) is 0 Å². The second-order valence-electron chi connectivity index (χ2n) is 13.3. The Morgan fingerprint density at radius 2 is 1.60 bits per heavy atom. The van der Waals surface area contributed by atoms with E-state index in [-0.39, 0.29) is 22.2 Å². The SMILES string of the molecule is C=C[C@@]1(C)C=C2CC[C@@H]3[C@](C)(CCC[C@@]3(C)C(=O)[O][Sn]([CH2]CCC)([CH2]CCC)[CH2]CCC)[C@H]2CC1. The maximum absolute atomic E-state index is 14.3. The molecule has 0 aromatic heterocycles. The van der Waals surface area contributed by atoms with Gasteiger partial charge in [0.15, 0.2) is 0 Å². The van der Waals surface area contributed by atoms with Gasteiger partial charge in [-0.1, -0.05) is 0 Å². The summed E-state index contributed by atoms with van der Waals surface area (Å²) in [6, 6.07) is 0. The Morgan fingerprint density at radius 3 is 2.14 bits per heavy atom. The molecule has 0 saturated heterocycles.